The predicted molar refractivity (Wildman–Crippen MR) is 142 cm³/mol. The molecule has 0 unspecified atom stereocenters. The van der Waals surface area contributed by atoms with Crippen LogP contribution in [-0.2, 0) is 26.2 Å². The van der Waals surface area contributed by atoms with Gasteiger partial charge in [0.15, 0.2) is 0 Å². The highest BCUT2D eigenvalue weighted by Gasteiger charge is 2.29. The van der Waals surface area contributed by atoms with E-state index in [0.29, 0.717) is 31.6 Å². The second-order valence-corrected chi connectivity index (χ2v) is 10.7. The maximum Gasteiger partial charge on any atom is 0.242 e. The molecule has 2 aromatic rings. The van der Waals surface area contributed by atoms with Gasteiger partial charge in [0, 0.05) is 26.1 Å². The second kappa shape index (κ2) is 13.9. The zero-order valence-electron chi connectivity index (χ0n) is 21.4. The first-order valence-electron chi connectivity index (χ1n) is 12.3. The molecule has 0 aliphatic carbocycles. The van der Waals surface area contributed by atoms with Gasteiger partial charge in [0.05, 0.1) is 11.9 Å². The van der Waals surface area contributed by atoms with Crippen molar-refractivity contribution in [3.05, 3.63) is 65.7 Å². The fraction of sp³-hybridized carbons (Fsp3) is 0.481. The zero-order valence-corrected chi connectivity index (χ0v) is 22.2. The van der Waals surface area contributed by atoms with E-state index >= 15 is 0 Å². The summed E-state index contributed by atoms with van der Waals surface area (Å²) in [6.45, 7) is 7.06. The topological polar surface area (TPSA) is 86.8 Å². The summed E-state index contributed by atoms with van der Waals surface area (Å²) in [5, 5.41) is 2.97. The SMILES string of the molecule is CCCCNC(=O)[C@H](CC)N(Cc1ccccc1C)C(=O)CCCN(c1ccccc1)S(C)(=O)=O. The third-order valence-corrected chi connectivity index (χ3v) is 7.21. The van der Waals surface area contributed by atoms with E-state index in [1.165, 1.54) is 10.6 Å². The van der Waals surface area contributed by atoms with Crippen molar-refractivity contribution >= 4 is 27.5 Å². The molecule has 2 rings (SSSR count). The molecule has 0 bridgehead atoms. The standard InChI is InChI=1S/C27H39N3O4S/c1-5-7-19-28-27(32)25(6-2)29(21-23-15-12-11-14-22(23)3)26(31)18-13-20-30(35(4,33)34)24-16-9-8-10-17-24/h8-12,14-17,25H,5-7,13,18-21H2,1-4H3,(H,28,32)/t25-/m0/s1. The molecule has 0 saturated heterocycles. The molecule has 0 heterocycles. The number of nitrogens with zero attached hydrogens (tertiary/aromatic N) is 2. The molecule has 2 amide bonds. The Morgan fingerprint density at radius 1 is 0.971 bits per heavy atom. The first kappa shape index (κ1) is 28.4. The van der Waals surface area contributed by atoms with E-state index in [0.717, 1.165) is 24.0 Å². The average molecular weight is 502 g/mol. The molecule has 192 valence electrons. The van der Waals surface area contributed by atoms with Crippen LogP contribution in [0.5, 0.6) is 0 Å². The lowest BCUT2D eigenvalue weighted by Gasteiger charge is -2.31. The fourth-order valence-corrected chi connectivity index (χ4v) is 4.96. The highest BCUT2D eigenvalue weighted by molar-refractivity contribution is 7.92. The number of sulfonamides is 1. The number of unbranched alkanes of at least 4 members (excludes halogenated alkanes) is 1. The number of carbonyl (C=O) groups excluding carboxylic acids is 2. The van der Waals surface area contributed by atoms with Crippen molar-refractivity contribution in [3.63, 3.8) is 0 Å². The Morgan fingerprint density at radius 2 is 1.63 bits per heavy atom. The van der Waals surface area contributed by atoms with Crippen LogP contribution in [0.2, 0.25) is 0 Å². The number of aryl methyl sites for hydroxylation is 1. The third kappa shape index (κ3) is 8.69. The van der Waals surface area contributed by atoms with Crippen molar-refractivity contribution in [1.82, 2.24) is 10.2 Å². The van der Waals surface area contributed by atoms with Crippen LogP contribution < -0.4 is 9.62 Å². The quantitative estimate of drug-likeness (QED) is 0.392. The lowest BCUT2D eigenvalue weighted by atomic mass is 10.1. The number of amides is 2. The van der Waals surface area contributed by atoms with Crippen LogP contribution in [0.4, 0.5) is 5.69 Å². The Hall–Kier alpha value is -2.87. The number of anilines is 1. The summed E-state index contributed by atoms with van der Waals surface area (Å²) in [6.07, 6.45) is 4.01. The number of hydrogen-bond acceptors (Lipinski definition) is 4. The van der Waals surface area contributed by atoms with Crippen LogP contribution in [0.3, 0.4) is 0 Å². The van der Waals surface area contributed by atoms with Crippen LogP contribution in [0.25, 0.3) is 0 Å². The molecule has 0 spiro atoms. The Labute approximate surface area is 210 Å². The highest BCUT2D eigenvalue weighted by atomic mass is 32.2. The predicted octanol–water partition coefficient (Wildman–Crippen LogP) is 4.26. The Morgan fingerprint density at radius 3 is 2.23 bits per heavy atom. The van der Waals surface area contributed by atoms with E-state index in [2.05, 4.69) is 12.2 Å². The molecule has 0 aliphatic heterocycles. The molecule has 0 aliphatic rings. The maximum atomic E-state index is 13.4. The molecule has 0 fully saturated rings. The summed E-state index contributed by atoms with van der Waals surface area (Å²) in [4.78, 5) is 28.1. The van der Waals surface area contributed by atoms with Crippen molar-refractivity contribution < 1.29 is 18.0 Å². The second-order valence-electron chi connectivity index (χ2n) is 8.79. The Balaban J connectivity index is 2.19. The molecule has 7 nitrogen and oxygen atoms in total. The molecule has 0 radical (unpaired) electrons. The van der Waals surface area contributed by atoms with Crippen LogP contribution in [0, 0.1) is 6.92 Å². The van der Waals surface area contributed by atoms with Gasteiger partial charge in [-0.2, -0.15) is 0 Å². The molecule has 0 aromatic heterocycles. The van der Waals surface area contributed by atoms with E-state index in [-0.39, 0.29) is 24.8 Å². The van der Waals surface area contributed by atoms with Crippen LogP contribution >= 0.6 is 0 Å². The van der Waals surface area contributed by atoms with Crippen LogP contribution in [0.15, 0.2) is 54.6 Å². The summed E-state index contributed by atoms with van der Waals surface area (Å²) < 4.78 is 26.1. The van der Waals surface area contributed by atoms with Gasteiger partial charge in [-0.15, -0.1) is 0 Å². The van der Waals surface area contributed by atoms with Gasteiger partial charge in [0.1, 0.15) is 6.04 Å². The van der Waals surface area contributed by atoms with Gasteiger partial charge in [0.2, 0.25) is 21.8 Å². The van der Waals surface area contributed by atoms with Crippen molar-refractivity contribution in [2.24, 2.45) is 0 Å². The molecule has 8 heteroatoms. The summed E-state index contributed by atoms with van der Waals surface area (Å²) in [7, 11) is -3.49. The van der Waals surface area contributed by atoms with E-state index < -0.39 is 16.1 Å². The summed E-state index contributed by atoms with van der Waals surface area (Å²) >= 11 is 0. The highest BCUT2D eigenvalue weighted by Crippen LogP contribution is 2.20. The van der Waals surface area contributed by atoms with Gasteiger partial charge >= 0.3 is 0 Å². The molecule has 1 N–H and O–H groups in total. The van der Waals surface area contributed by atoms with Crippen LogP contribution in [-0.4, -0.2) is 50.5 Å². The van der Waals surface area contributed by atoms with Crippen molar-refractivity contribution in [2.75, 3.05) is 23.7 Å². The van der Waals surface area contributed by atoms with Gasteiger partial charge < -0.3 is 10.2 Å². The number of nitrogens with one attached hydrogen (secondary N) is 1. The third-order valence-electron chi connectivity index (χ3n) is 6.01. The van der Waals surface area contributed by atoms with Gasteiger partial charge in [-0.05, 0) is 49.4 Å². The zero-order chi connectivity index (χ0) is 25.8. The van der Waals surface area contributed by atoms with Gasteiger partial charge in [-0.1, -0.05) is 62.7 Å². The molecule has 35 heavy (non-hydrogen) atoms. The first-order valence-corrected chi connectivity index (χ1v) is 14.2. The van der Waals surface area contributed by atoms with Crippen molar-refractivity contribution in [3.8, 4) is 0 Å². The molecule has 1 atom stereocenters. The molecular weight excluding hydrogens is 462 g/mol. The molecular formula is C27H39N3O4S. The lowest BCUT2D eigenvalue weighted by molar-refractivity contribution is -0.141. The number of rotatable bonds is 14. The summed E-state index contributed by atoms with van der Waals surface area (Å²) in [5.41, 5.74) is 2.61. The summed E-state index contributed by atoms with van der Waals surface area (Å²) in [5.74, 6) is -0.308. The minimum absolute atomic E-state index is 0.142. The normalized spacial score (nSPS) is 12.1. The number of benzene rings is 2. The van der Waals surface area contributed by atoms with E-state index in [1.807, 2.05) is 44.2 Å². The van der Waals surface area contributed by atoms with Gasteiger partial charge in [0.25, 0.3) is 0 Å². The summed E-state index contributed by atoms with van der Waals surface area (Å²) in [6, 6.07) is 16.1. The van der Waals surface area contributed by atoms with Gasteiger partial charge in [-0.3, -0.25) is 13.9 Å². The van der Waals surface area contributed by atoms with E-state index in [9.17, 15) is 18.0 Å². The average Bonchev–Trinajstić information content (AvgIpc) is 2.82. The van der Waals surface area contributed by atoms with Crippen molar-refractivity contribution in [2.45, 2.75) is 65.5 Å². The van der Waals surface area contributed by atoms with Crippen LogP contribution in [0.1, 0.15) is 57.1 Å². The molecule has 2 aromatic carbocycles. The van der Waals surface area contributed by atoms with E-state index in [1.54, 1.807) is 29.2 Å². The maximum absolute atomic E-state index is 13.4. The van der Waals surface area contributed by atoms with Crippen molar-refractivity contribution in [1.29, 1.82) is 0 Å². The Kier molecular flexibility index (Phi) is 11.2. The van der Waals surface area contributed by atoms with Gasteiger partial charge in [-0.25, -0.2) is 8.42 Å². The number of carbonyl (C=O) groups is 2. The minimum atomic E-state index is -3.49. The lowest BCUT2D eigenvalue weighted by Crippen LogP contribution is -2.49. The Bertz CT molecular complexity index is 1060. The number of para-hydroxylation sites is 1. The minimum Gasteiger partial charge on any atom is -0.354 e. The first-order chi connectivity index (χ1) is 16.7. The number of hydrogen-bond donors (Lipinski definition) is 1. The fourth-order valence-electron chi connectivity index (χ4n) is 3.99. The largest absolute Gasteiger partial charge is 0.354 e. The van der Waals surface area contributed by atoms with E-state index in [4.69, 9.17) is 0 Å². The smallest absolute Gasteiger partial charge is 0.242 e. The monoisotopic (exact) mass is 501 g/mol. The molecule has 0 saturated carbocycles.